The number of carbonyl (C=O) groups is 1. The van der Waals surface area contributed by atoms with Gasteiger partial charge >= 0.3 is 0 Å². The first-order valence-electron chi connectivity index (χ1n) is 6.45. The van der Waals surface area contributed by atoms with E-state index in [1.54, 1.807) is 21.3 Å². The van der Waals surface area contributed by atoms with Crippen LogP contribution in [0.2, 0.25) is 0 Å². The molecule has 1 fully saturated rings. The van der Waals surface area contributed by atoms with Crippen molar-refractivity contribution in [2.75, 3.05) is 21.3 Å². The van der Waals surface area contributed by atoms with Gasteiger partial charge in [0.25, 0.3) is 5.91 Å². The van der Waals surface area contributed by atoms with Crippen molar-refractivity contribution < 1.29 is 19.0 Å². The van der Waals surface area contributed by atoms with Gasteiger partial charge in [0.05, 0.1) is 21.3 Å². The van der Waals surface area contributed by atoms with Crippen LogP contribution >= 0.6 is 0 Å². The zero-order chi connectivity index (χ0) is 15.6. The second kappa shape index (κ2) is 5.90. The monoisotopic (exact) mass is 293 g/mol. The third-order valence-corrected chi connectivity index (χ3v) is 3.46. The zero-order valence-corrected chi connectivity index (χ0v) is 12.3. The van der Waals surface area contributed by atoms with Gasteiger partial charge in [-0.05, 0) is 30.0 Å². The highest BCUT2D eigenvalue weighted by Gasteiger charge is 2.44. The molecule has 1 aliphatic carbocycles. The lowest BCUT2D eigenvalue weighted by molar-refractivity contribution is -0.119. The maximum absolute atomic E-state index is 11.8. The molecule has 21 heavy (non-hydrogen) atoms. The molecule has 1 aromatic rings. The smallest absolute Gasteiger partial charge is 0.252 e. The lowest BCUT2D eigenvalue weighted by atomic mass is 10.1. The normalized spacial score (nSPS) is 19.6. The Balaban J connectivity index is 2.27. The van der Waals surface area contributed by atoms with E-state index >= 15 is 0 Å². The molecule has 7 nitrogen and oxygen atoms in total. The van der Waals surface area contributed by atoms with Gasteiger partial charge in [-0.25, -0.2) is 0 Å². The summed E-state index contributed by atoms with van der Waals surface area (Å²) in [6.45, 7) is 0. The van der Waals surface area contributed by atoms with Gasteiger partial charge in [0.1, 0.15) is 0 Å². The summed E-state index contributed by atoms with van der Waals surface area (Å²) < 4.78 is 15.9. The summed E-state index contributed by atoms with van der Waals surface area (Å²) in [4.78, 5) is 15.4. The fourth-order valence-electron chi connectivity index (χ4n) is 2.36. The molecule has 2 atom stereocenters. The third kappa shape index (κ3) is 3.01. The summed E-state index contributed by atoms with van der Waals surface area (Å²) in [6, 6.07) is 3.68. The number of guanidine groups is 1. The molecular weight excluding hydrogens is 274 g/mol. The summed E-state index contributed by atoms with van der Waals surface area (Å²) in [7, 11) is 4.65. The lowest BCUT2D eigenvalue weighted by Crippen LogP contribution is -2.24. The van der Waals surface area contributed by atoms with Gasteiger partial charge < -0.3 is 25.7 Å². The van der Waals surface area contributed by atoms with E-state index in [0.29, 0.717) is 23.7 Å². The van der Waals surface area contributed by atoms with Crippen molar-refractivity contribution in [1.82, 2.24) is 0 Å². The standard InChI is InChI=1S/C14H19N3O4/c1-19-10-4-7(5-11(20-2)12(10)21-3)8-6-9(8)13(18)17-14(15)16/h4-5,8-9H,6H2,1-3H3,(H4,15,16,17,18). The molecular formula is C14H19N3O4. The number of nitrogens with zero attached hydrogens (tertiary/aromatic N) is 1. The van der Waals surface area contributed by atoms with Gasteiger partial charge in [-0.15, -0.1) is 0 Å². The van der Waals surface area contributed by atoms with E-state index < -0.39 is 0 Å². The molecule has 1 amide bonds. The number of carbonyl (C=O) groups excluding carboxylic acids is 1. The molecule has 2 unspecified atom stereocenters. The Hall–Kier alpha value is -2.44. The third-order valence-electron chi connectivity index (χ3n) is 3.46. The van der Waals surface area contributed by atoms with Crippen molar-refractivity contribution in [1.29, 1.82) is 0 Å². The zero-order valence-electron chi connectivity index (χ0n) is 12.3. The van der Waals surface area contributed by atoms with Gasteiger partial charge in [-0.2, -0.15) is 4.99 Å². The first-order chi connectivity index (χ1) is 10.0. The summed E-state index contributed by atoms with van der Waals surface area (Å²) in [5, 5.41) is 0. The van der Waals surface area contributed by atoms with Crippen LogP contribution in [0.5, 0.6) is 17.2 Å². The average Bonchev–Trinajstić information content (AvgIpc) is 3.25. The molecule has 0 bridgehead atoms. The molecule has 0 saturated heterocycles. The van der Waals surface area contributed by atoms with E-state index in [2.05, 4.69) is 4.99 Å². The molecule has 0 aliphatic heterocycles. The number of hydrogen-bond donors (Lipinski definition) is 2. The van der Waals surface area contributed by atoms with E-state index in [-0.39, 0.29) is 23.7 Å². The van der Waals surface area contributed by atoms with Crippen LogP contribution < -0.4 is 25.7 Å². The fourth-order valence-corrected chi connectivity index (χ4v) is 2.36. The second-order valence-corrected chi connectivity index (χ2v) is 4.78. The predicted octanol–water partition coefficient (Wildman–Crippen LogP) is 0.616. The molecule has 4 N–H and O–H groups in total. The molecule has 114 valence electrons. The molecule has 1 saturated carbocycles. The van der Waals surface area contributed by atoms with Gasteiger partial charge in [0, 0.05) is 5.92 Å². The summed E-state index contributed by atoms with van der Waals surface area (Å²) in [5.41, 5.74) is 11.4. The number of amides is 1. The van der Waals surface area contributed by atoms with Crippen molar-refractivity contribution in [2.24, 2.45) is 22.4 Å². The molecule has 2 rings (SSSR count). The number of nitrogens with two attached hydrogens (primary N) is 2. The number of hydrogen-bond acceptors (Lipinski definition) is 4. The Bertz CT molecular complexity index is 557. The molecule has 1 aromatic carbocycles. The van der Waals surface area contributed by atoms with Crippen LogP contribution in [0.1, 0.15) is 17.9 Å². The summed E-state index contributed by atoms with van der Waals surface area (Å²) >= 11 is 0. The maximum atomic E-state index is 11.8. The molecule has 0 aromatic heterocycles. The molecule has 0 heterocycles. The van der Waals surface area contributed by atoms with Crippen LogP contribution in [-0.2, 0) is 4.79 Å². The van der Waals surface area contributed by atoms with Gasteiger partial charge in [0.15, 0.2) is 17.5 Å². The highest BCUT2D eigenvalue weighted by atomic mass is 16.5. The van der Waals surface area contributed by atoms with E-state index in [1.165, 1.54) is 0 Å². The first-order valence-corrected chi connectivity index (χ1v) is 6.45. The van der Waals surface area contributed by atoms with Crippen molar-refractivity contribution >= 4 is 11.9 Å². The SMILES string of the molecule is COc1cc(C2CC2C(=O)N=C(N)N)cc(OC)c1OC. The fraction of sp³-hybridized carbons (Fsp3) is 0.429. The Kier molecular flexibility index (Phi) is 4.21. The summed E-state index contributed by atoms with van der Waals surface area (Å²) in [5.74, 6) is 1.00. The predicted molar refractivity (Wildman–Crippen MR) is 77.8 cm³/mol. The van der Waals surface area contributed by atoms with Crippen molar-refractivity contribution in [3.8, 4) is 17.2 Å². The minimum Gasteiger partial charge on any atom is -0.493 e. The Morgan fingerprint density at radius 3 is 2.14 bits per heavy atom. The Morgan fingerprint density at radius 2 is 1.71 bits per heavy atom. The Morgan fingerprint density at radius 1 is 1.14 bits per heavy atom. The molecule has 0 radical (unpaired) electrons. The molecule has 7 heteroatoms. The number of methoxy groups -OCH3 is 3. The van der Waals surface area contributed by atoms with Crippen LogP contribution in [0.15, 0.2) is 17.1 Å². The lowest BCUT2D eigenvalue weighted by Gasteiger charge is -2.14. The van der Waals surface area contributed by atoms with Crippen molar-refractivity contribution in [2.45, 2.75) is 12.3 Å². The number of benzene rings is 1. The van der Waals surface area contributed by atoms with E-state index in [0.717, 1.165) is 5.56 Å². The van der Waals surface area contributed by atoms with Gasteiger partial charge in [0.2, 0.25) is 5.75 Å². The minimum absolute atomic E-state index is 0.0642. The van der Waals surface area contributed by atoms with Crippen LogP contribution in [0.3, 0.4) is 0 Å². The van der Waals surface area contributed by atoms with E-state index in [1.807, 2.05) is 12.1 Å². The first kappa shape index (κ1) is 15.0. The average molecular weight is 293 g/mol. The second-order valence-electron chi connectivity index (χ2n) is 4.78. The number of rotatable bonds is 5. The van der Waals surface area contributed by atoms with Crippen molar-refractivity contribution in [3.63, 3.8) is 0 Å². The van der Waals surface area contributed by atoms with E-state index in [4.69, 9.17) is 25.7 Å². The van der Waals surface area contributed by atoms with E-state index in [9.17, 15) is 4.79 Å². The quantitative estimate of drug-likeness (QED) is 0.608. The highest BCUT2D eigenvalue weighted by Crippen LogP contribution is 2.51. The van der Waals surface area contributed by atoms with Gasteiger partial charge in [-0.3, -0.25) is 4.79 Å². The Labute approximate surface area is 122 Å². The number of aliphatic imine (C=N–C) groups is 1. The molecule has 1 aliphatic rings. The van der Waals surface area contributed by atoms with Crippen LogP contribution in [-0.4, -0.2) is 33.2 Å². The van der Waals surface area contributed by atoms with Gasteiger partial charge in [-0.1, -0.05) is 0 Å². The molecule has 0 spiro atoms. The number of ether oxygens (including phenoxy) is 3. The topological polar surface area (TPSA) is 109 Å². The summed E-state index contributed by atoms with van der Waals surface area (Å²) in [6.07, 6.45) is 0.703. The van der Waals surface area contributed by atoms with Crippen LogP contribution in [0.4, 0.5) is 0 Å². The maximum Gasteiger partial charge on any atom is 0.252 e. The van der Waals surface area contributed by atoms with Crippen LogP contribution in [0.25, 0.3) is 0 Å². The highest BCUT2D eigenvalue weighted by molar-refractivity contribution is 5.94. The minimum atomic E-state index is -0.297. The van der Waals surface area contributed by atoms with Crippen LogP contribution in [0, 0.1) is 5.92 Å². The van der Waals surface area contributed by atoms with Crippen molar-refractivity contribution in [3.05, 3.63) is 17.7 Å². The largest absolute Gasteiger partial charge is 0.493 e.